The van der Waals surface area contributed by atoms with Crippen molar-refractivity contribution in [2.75, 3.05) is 18.6 Å². The molecule has 0 aliphatic rings. The Bertz CT molecular complexity index is 1310. The Balaban J connectivity index is 1.72. The minimum absolute atomic E-state index is 0.0108. The number of H-pyrrole nitrogens is 2. The number of nitrogens with one attached hydrogen (secondary N) is 2. The predicted molar refractivity (Wildman–Crippen MR) is 100 cm³/mol. The molecule has 4 aromatic heterocycles. The number of sulfone groups is 1. The summed E-state index contributed by atoms with van der Waals surface area (Å²) in [5, 5.41) is 5.52. The molecule has 0 fully saturated rings. The molecule has 11 nitrogen and oxygen atoms in total. The van der Waals surface area contributed by atoms with Crippen LogP contribution in [0.5, 0.6) is 0 Å². The second-order valence-electron chi connectivity index (χ2n) is 6.59. The lowest BCUT2D eigenvalue weighted by Gasteiger charge is -2.05. The molecule has 164 valence electrons. The van der Waals surface area contributed by atoms with E-state index in [1.54, 1.807) is 10.6 Å². The Morgan fingerprint density at radius 1 is 1.23 bits per heavy atom. The normalized spacial score (nSPS) is 12.6. The van der Waals surface area contributed by atoms with Crippen LogP contribution in [0.15, 0.2) is 24.9 Å². The van der Waals surface area contributed by atoms with Gasteiger partial charge in [-0.05, 0) is 0 Å². The summed E-state index contributed by atoms with van der Waals surface area (Å²) < 4.78 is 68.1. The van der Waals surface area contributed by atoms with E-state index in [-0.39, 0.29) is 36.3 Å². The monoisotopic (exact) mass is 456 g/mol. The second kappa shape index (κ2) is 7.73. The van der Waals surface area contributed by atoms with Gasteiger partial charge in [-0.15, -0.1) is 0 Å². The van der Waals surface area contributed by atoms with Gasteiger partial charge in [0.05, 0.1) is 37.2 Å². The first-order chi connectivity index (χ1) is 14.6. The number of imidazole rings is 2. The first-order valence-electron chi connectivity index (χ1n) is 8.73. The van der Waals surface area contributed by atoms with Gasteiger partial charge in [-0.2, -0.15) is 18.3 Å². The zero-order valence-electron chi connectivity index (χ0n) is 15.9. The number of aromatic amines is 2. The van der Waals surface area contributed by atoms with Gasteiger partial charge in [0.15, 0.2) is 0 Å². The average Bonchev–Trinajstić information content (AvgIpc) is 3.41. The molecule has 15 heteroatoms. The summed E-state index contributed by atoms with van der Waals surface area (Å²) in [5.74, 6) is -1.43. The standard InChI is InChI=1S/C16H15F3N8O3S/c1-31(28,29)3-2-30-7-9-4-21-15-23-11(13-24-14(26-25-13)16(17,18)19)12(27(15)6-9)10-5-20-8-22-10/h4-6,8H,2-3,7H2,1H3,(H,20,22)(H,24,25,26). The molecule has 31 heavy (non-hydrogen) atoms. The van der Waals surface area contributed by atoms with Crippen molar-refractivity contribution in [3.63, 3.8) is 0 Å². The predicted octanol–water partition coefficient (Wildman–Crippen LogP) is 1.48. The highest BCUT2D eigenvalue weighted by Gasteiger charge is 2.36. The topological polar surface area (TPSA) is 144 Å². The number of hydrogen-bond donors (Lipinski definition) is 2. The van der Waals surface area contributed by atoms with Crippen molar-refractivity contribution in [2.45, 2.75) is 12.8 Å². The maximum atomic E-state index is 12.9. The van der Waals surface area contributed by atoms with Crippen LogP contribution >= 0.6 is 0 Å². The van der Waals surface area contributed by atoms with Gasteiger partial charge in [-0.1, -0.05) is 0 Å². The Morgan fingerprint density at radius 3 is 2.68 bits per heavy atom. The van der Waals surface area contributed by atoms with Crippen molar-refractivity contribution in [3.8, 4) is 22.9 Å². The Kier molecular flexibility index (Phi) is 5.22. The van der Waals surface area contributed by atoms with Crippen LogP contribution in [0.25, 0.3) is 28.7 Å². The lowest BCUT2D eigenvalue weighted by Crippen LogP contribution is -2.10. The van der Waals surface area contributed by atoms with E-state index in [9.17, 15) is 21.6 Å². The van der Waals surface area contributed by atoms with Crippen LogP contribution in [-0.2, 0) is 27.4 Å². The van der Waals surface area contributed by atoms with E-state index >= 15 is 0 Å². The van der Waals surface area contributed by atoms with Gasteiger partial charge in [-0.3, -0.25) is 9.50 Å². The summed E-state index contributed by atoms with van der Waals surface area (Å²) in [6.45, 7) is 0.0874. The second-order valence-corrected chi connectivity index (χ2v) is 8.85. The number of fused-ring (bicyclic) bond motifs is 1. The first-order valence-corrected chi connectivity index (χ1v) is 10.8. The van der Waals surface area contributed by atoms with Gasteiger partial charge < -0.3 is 9.72 Å². The number of nitrogens with zero attached hydrogens (tertiary/aromatic N) is 6. The van der Waals surface area contributed by atoms with Crippen molar-refractivity contribution < 1.29 is 26.3 Å². The highest BCUT2D eigenvalue weighted by Crippen LogP contribution is 2.32. The van der Waals surface area contributed by atoms with Gasteiger partial charge in [0, 0.05) is 24.2 Å². The number of alkyl halides is 3. The molecule has 0 aromatic carbocycles. The molecule has 4 heterocycles. The zero-order valence-corrected chi connectivity index (χ0v) is 16.7. The minimum Gasteiger partial charge on any atom is -0.376 e. The Labute approximate surface area is 172 Å². The fraction of sp³-hybridized carbons (Fsp3) is 0.312. The van der Waals surface area contributed by atoms with Crippen LogP contribution in [0.2, 0.25) is 0 Å². The van der Waals surface area contributed by atoms with E-state index in [0.717, 1.165) is 6.26 Å². The summed E-state index contributed by atoms with van der Waals surface area (Å²) in [4.78, 5) is 18.8. The third-order valence-corrected chi connectivity index (χ3v) is 5.03. The molecule has 0 amide bonds. The number of aromatic nitrogens is 8. The molecule has 0 saturated carbocycles. The van der Waals surface area contributed by atoms with E-state index in [1.807, 2.05) is 5.10 Å². The summed E-state index contributed by atoms with van der Waals surface area (Å²) in [6.07, 6.45) is 2.41. The molecule has 0 bridgehead atoms. The van der Waals surface area contributed by atoms with E-state index in [1.165, 1.54) is 18.7 Å². The summed E-state index contributed by atoms with van der Waals surface area (Å²) in [6, 6.07) is 0. The van der Waals surface area contributed by atoms with Crippen LogP contribution in [0.1, 0.15) is 11.4 Å². The minimum atomic E-state index is -4.69. The Hall–Kier alpha value is -3.33. The van der Waals surface area contributed by atoms with Crippen molar-refractivity contribution in [1.82, 2.24) is 39.5 Å². The molecule has 0 spiro atoms. The molecule has 4 aromatic rings. The fourth-order valence-corrected chi connectivity index (χ4v) is 3.16. The highest BCUT2D eigenvalue weighted by molar-refractivity contribution is 7.90. The molecule has 0 aliphatic heterocycles. The lowest BCUT2D eigenvalue weighted by atomic mass is 10.2. The quantitative estimate of drug-likeness (QED) is 0.398. The molecule has 0 radical (unpaired) electrons. The summed E-state index contributed by atoms with van der Waals surface area (Å²) in [7, 11) is -3.15. The fourth-order valence-electron chi connectivity index (χ4n) is 2.74. The van der Waals surface area contributed by atoms with Crippen LogP contribution in [0.3, 0.4) is 0 Å². The van der Waals surface area contributed by atoms with Crippen LogP contribution in [-0.4, -0.2) is 66.6 Å². The van der Waals surface area contributed by atoms with Crippen LogP contribution in [0, 0.1) is 0 Å². The molecule has 4 rings (SSSR count). The summed E-state index contributed by atoms with van der Waals surface area (Å²) in [5.41, 5.74) is 1.47. The van der Waals surface area contributed by atoms with Gasteiger partial charge in [0.25, 0.3) is 0 Å². The average molecular weight is 456 g/mol. The van der Waals surface area contributed by atoms with E-state index in [2.05, 4.69) is 30.0 Å². The number of hydrogen-bond acceptors (Lipinski definition) is 8. The third kappa shape index (κ3) is 4.56. The maximum Gasteiger partial charge on any atom is 0.451 e. The van der Waals surface area contributed by atoms with Crippen molar-refractivity contribution in [3.05, 3.63) is 36.3 Å². The maximum absolute atomic E-state index is 12.9. The Morgan fingerprint density at radius 2 is 2.03 bits per heavy atom. The van der Waals surface area contributed by atoms with Crippen LogP contribution in [0.4, 0.5) is 13.2 Å². The first kappa shape index (κ1) is 20.9. The SMILES string of the molecule is CS(=O)(=O)CCOCc1cnc2nc(-c3n[nH]c(C(F)(F)F)n3)c(-c3cnc[nH]3)n2c1. The van der Waals surface area contributed by atoms with Crippen molar-refractivity contribution in [2.24, 2.45) is 0 Å². The molecule has 2 N–H and O–H groups in total. The third-order valence-electron chi connectivity index (χ3n) is 4.12. The van der Waals surface area contributed by atoms with E-state index in [0.29, 0.717) is 17.0 Å². The summed E-state index contributed by atoms with van der Waals surface area (Å²) >= 11 is 0. The largest absolute Gasteiger partial charge is 0.451 e. The van der Waals surface area contributed by atoms with Crippen molar-refractivity contribution in [1.29, 1.82) is 0 Å². The van der Waals surface area contributed by atoms with Crippen LogP contribution < -0.4 is 0 Å². The number of halogens is 3. The van der Waals surface area contributed by atoms with Crippen molar-refractivity contribution >= 4 is 15.6 Å². The van der Waals surface area contributed by atoms with Gasteiger partial charge in [-0.25, -0.2) is 28.4 Å². The number of ether oxygens (including phenoxy) is 1. The van der Waals surface area contributed by atoms with E-state index in [4.69, 9.17) is 4.74 Å². The van der Waals surface area contributed by atoms with E-state index < -0.39 is 21.8 Å². The lowest BCUT2D eigenvalue weighted by molar-refractivity contribution is -0.144. The smallest absolute Gasteiger partial charge is 0.376 e. The van der Waals surface area contributed by atoms with Gasteiger partial charge in [0.1, 0.15) is 21.2 Å². The van der Waals surface area contributed by atoms with Gasteiger partial charge >= 0.3 is 6.18 Å². The molecule has 0 saturated heterocycles. The molecular formula is C16H15F3N8O3S. The highest BCUT2D eigenvalue weighted by atomic mass is 32.2. The molecule has 0 atom stereocenters. The number of rotatable bonds is 7. The molecule has 0 unspecified atom stereocenters. The molecular weight excluding hydrogens is 441 g/mol. The molecule has 0 aliphatic carbocycles. The zero-order chi connectivity index (χ0) is 22.2. The van der Waals surface area contributed by atoms with Gasteiger partial charge in [0.2, 0.25) is 17.4 Å².